The van der Waals surface area contributed by atoms with Crippen molar-refractivity contribution in [3.05, 3.63) is 29.7 Å². The number of piperidine rings is 1. The largest absolute Gasteiger partial charge is 0.461 e. The summed E-state index contributed by atoms with van der Waals surface area (Å²) in [7, 11) is 0. The van der Waals surface area contributed by atoms with Gasteiger partial charge in [-0.25, -0.2) is 0 Å². The molecule has 2 atom stereocenters. The lowest BCUT2D eigenvalue weighted by molar-refractivity contribution is -0.130. The first kappa shape index (κ1) is 14.9. The lowest BCUT2D eigenvalue weighted by Crippen LogP contribution is -2.41. The molecule has 2 N–H and O–H groups in total. The first-order valence-electron chi connectivity index (χ1n) is 7.90. The maximum atomic E-state index is 12.1. The van der Waals surface area contributed by atoms with Gasteiger partial charge in [0, 0.05) is 31.0 Å². The van der Waals surface area contributed by atoms with Gasteiger partial charge in [-0.1, -0.05) is 6.92 Å². The zero-order valence-electron chi connectivity index (χ0n) is 12.8. The average molecular weight is 302 g/mol. The van der Waals surface area contributed by atoms with Gasteiger partial charge in [0.1, 0.15) is 11.5 Å². The summed E-state index contributed by atoms with van der Waals surface area (Å²) in [6.45, 7) is 3.38. The van der Waals surface area contributed by atoms with E-state index in [0.29, 0.717) is 37.8 Å². The Kier molecular flexibility index (Phi) is 4.05. The molecular formula is C17H22N2O3. The molecule has 1 aliphatic carbocycles. The summed E-state index contributed by atoms with van der Waals surface area (Å²) in [5.74, 6) is 2.58. The second-order valence-electron chi connectivity index (χ2n) is 6.39. The Morgan fingerprint density at radius 3 is 2.59 bits per heavy atom. The second kappa shape index (κ2) is 5.99. The van der Waals surface area contributed by atoms with Gasteiger partial charge in [0.15, 0.2) is 0 Å². The Bertz CT molecular complexity index is 597. The van der Waals surface area contributed by atoms with Crippen molar-refractivity contribution in [3.63, 3.8) is 0 Å². The van der Waals surface area contributed by atoms with E-state index in [1.807, 2.05) is 12.1 Å². The predicted octanol–water partition coefficient (Wildman–Crippen LogP) is 2.14. The Morgan fingerprint density at radius 1 is 1.32 bits per heavy atom. The standard InChI is InChI=1S/C17H22N2O3/c1-11-10-14(11)15-4-2-13(22-15)3-5-16(20)19-8-6-12(7-9-19)17(18)21/h2-5,11-12,14H,6-10H2,1H3,(H2,18,21)/b5-3-/t11-,14-/m1/s1. The Balaban J connectivity index is 1.53. The van der Waals surface area contributed by atoms with Crippen LogP contribution in [0.15, 0.2) is 22.6 Å². The minimum absolute atomic E-state index is 0.0411. The number of likely N-dealkylation sites (tertiary alicyclic amines) is 1. The van der Waals surface area contributed by atoms with Gasteiger partial charge in [-0.2, -0.15) is 0 Å². The van der Waals surface area contributed by atoms with Crippen LogP contribution < -0.4 is 5.73 Å². The lowest BCUT2D eigenvalue weighted by Gasteiger charge is -2.29. The normalized spacial score (nSPS) is 25.6. The monoisotopic (exact) mass is 302 g/mol. The fourth-order valence-electron chi connectivity index (χ4n) is 3.02. The van der Waals surface area contributed by atoms with Crippen molar-refractivity contribution in [3.8, 4) is 0 Å². The molecule has 0 radical (unpaired) electrons. The average Bonchev–Trinajstić information content (AvgIpc) is 3.06. The van der Waals surface area contributed by atoms with Crippen LogP contribution in [0, 0.1) is 11.8 Å². The number of amides is 2. The highest BCUT2D eigenvalue weighted by molar-refractivity contribution is 5.91. The highest BCUT2D eigenvalue weighted by Crippen LogP contribution is 2.47. The summed E-state index contributed by atoms with van der Waals surface area (Å²) < 4.78 is 5.75. The van der Waals surface area contributed by atoms with Crippen LogP contribution in [-0.2, 0) is 9.59 Å². The quantitative estimate of drug-likeness (QED) is 0.866. The van der Waals surface area contributed by atoms with E-state index >= 15 is 0 Å². The molecule has 118 valence electrons. The molecule has 0 aromatic carbocycles. The van der Waals surface area contributed by atoms with E-state index in [1.165, 1.54) is 6.42 Å². The Morgan fingerprint density at radius 2 is 2.00 bits per heavy atom. The fraction of sp³-hybridized carbons (Fsp3) is 0.529. The summed E-state index contributed by atoms with van der Waals surface area (Å²) in [5.41, 5.74) is 5.30. The first-order valence-corrected chi connectivity index (χ1v) is 7.90. The number of nitrogens with zero attached hydrogens (tertiary/aromatic N) is 1. The molecule has 0 unspecified atom stereocenters. The van der Waals surface area contributed by atoms with Crippen LogP contribution in [0.5, 0.6) is 0 Å². The maximum absolute atomic E-state index is 12.1. The Labute approximate surface area is 130 Å². The second-order valence-corrected chi connectivity index (χ2v) is 6.39. The Hall–Kier alpha value is -2.04. The number of rotatable bonds is 4. The van der Waals surface area contributed by atoms with Gasteiger partial charge in [-0.05, 0) is 43.4 Å². The van der Waals surface area contributed by atoms with E-state index in [2.05, 4.69) is 6.92 Å². The van der Waals surface area contributed by atoms with Crippen LogP contribution in [-0.4, -0.2) is 29.8 Å². The van der Waals surface area contributed by atoms with Gasteiger partial charge >= 0.3 is 0 Å². The van der Waals surface area contributed by atoms with Crippen molar-refractivity contribution < 1.29 is 14.0 Å². The van der Waals surface area contributed by atoms with E-state index in [0.717, 1.165) is 11.5 Å². The molecule has 0 bridgehead atoms. The molecule has 5 nitrogen and oxygen atoms in total. The van der Waals surface area contributed by atoms with Crippen molar-refractivity contribution in [1.82, 2.24) is 4.90 Å². The van der Waals surface area contributed by atoms with Gasteiger partial charge < -0.3 is 15.1 Å². The van der Waals surface area contributed by atoms with Crippen molar-refractivity contribution >= 4 is 17.9 Å². The van der Waals surface area contributed by atoms with Crippen LogP contribution >= 0.6 is 0 Å². The molecule has 1 aliphatic heterocycles. The molecule has 2 fully saturated rings. The van der Waals surface area contributed by atoms with Crippen molar-refractivity contribution in [1.29, 1.82) is 0 Å². The number of carbonyl (C=O) groups excluding carboxylic acids is 2. The molecular weight excluding hydrogens is 280 g/mol. The number of nitrogens with two attached hydrogens (primary N) is 1. The SMILES string of the molecule is C[C@@H]1C[C@H]1c1ccc(/C=C\C(=O)N2CCC(C(N)=O)CC2)o1. The van der Waals surface area contributed by atoms with Gasteiger partial charge in [0.25, 0.3) is 0 Å². The summed E-state index contributed by atoms with van der Waals surface area (Å²) in [6, 6.07) is 3.90. The number of hydrogen-bond donors (Lipinski definition) is 1. The maximum Gasteiger partial charge on any atom is 0.246 e. The summed E-state index contributed by atoms with van der Waals surface area (Å²) >= 11 is 0. The zero-order chi connectivity index (χ0) is 15.7. The van der Waals surface area contributed by atoms with Crippen LogP contribution in [0.1, 0.15) is 43.6 Å². The topological polar surface area (TPSA) is 76.5 Å². The fourth-order valence-corrected chi connectivity index (χ4v) is 3.02. The van der Waals surface area contributed by atoms with E-state index in [4.69, 9.17) is 10.2 Å². The molecule has 2 aliphatic rings. The van der Waals surface area contributed by atoms with Crippen LogP contribution in [0.25, 0.3) is 6.08 Å². The number of primary amides is 1. The van der Waals surface area contributed by atoms with Crippen molar-refractivity contribution in [2.24, 2.45) is 17.6 Å². The third kappa shape index (κ3) is 3.24. The summed E-state index contributed by atoms with van der Waals surface area (Å²) in [5, 5.41) is 0. The third-order valence-electron chi connectivity index (χ3n) is 4.72. The third-order valence-corrected chi connectivity index (χ3v) is 4.72. The predicted molar refractivity (Wildman–Crippen MR) is 82.8 cm³/mol. The van der Waals surface area contributed by atoms with Gasteiger partial charge in [-0.15, -0.1) is 0 Å². The van der Waals surface area contributed by atoms with E-state index < -0.39 is 0 Å². The van der Waals surface area contributed by atoms with Crippen molar-refractivity contribution in [2.75, 3.05) is 13.1 Å². The van der Waals surface area contributed by atoms with Crippen LogP contribution in [0.3, 0.4) is 0 Å². The molecule has 1 saturated heterocycles. The molecule has 1 saturated carbocycles. The zero-order valence-corrected chi connectivity index (χ0v) is 12.8. The highest BCUT2D eigenvalue weighted by Gasteiger charge is 2.36. The molecule has 22 heavy (non-hydrogen) atoms. The van der Waals surface area contributed by atoms with E-state index in [-0.39, 0.29) is 17.7 Å². The van der Waals surface area contributed by atoms with E-state index in [9.17, 15) is 9.59 Å². The molecule has 2 heterocycles. The van der Waals surface area contributed by atoms with Gasteiger partial charge in [0.2, 0.25) is 11.8 Å². The first-order chi connectivity index (χ1) is 10.5. The summed E-state index contributed by atoms with van der Waals surface area (Å²) in [4.78, 5) is 25.0. The lowest BCUT2D eigenvalue weighted by atomic mass is 9.96. The number of furan rings is 1. The number of hydrogen-bond acceptors (Lipinski definition) is 3. The molecule has 3 rings (SSSR count). The van der Waals surface area contributed by atoms with Crippen molar-refractivity contribution in [2.45, 2.75) is 32.1 Å². The van der Waals surface area contributed by atoms with E-state index in [1.54, 1.807) is 17.1 Å². The smallest absolute Gasteiger partial charge is 0.246 e. The molecule has 1 aromatic rings. The minimum atomic E-state index is -0.264. The summed E-state index contributed by atoms with van der Waals surface area (Å²) in [6.07, 6.45) is 5.76. The van der Waals surface area contributed by atoms with Crippen LogP contribution in [0.4, 0.5) is 0 Å². The molecule has 1 aromatic heterocycles. The van der Waals surface area contributed by atoms with Gasteiger partial charge in [-0.3, -0.25) is 9.59 Å². The van der Waals surface area contributed by atoms with Crippen LogP contribution in [0.2, 0.25) is 0 Å². The molecule has 2 amide bonds. The molecule has 0 spiro atoms. The minimum Gasteiger partial charge on any atom is -0.461 e. The highest BCUT2D eigenvalue weighted by atomic mass is 16.3. The molecule has 5 heteroatoms. The van der Waals surface area contributed by atoms with Gasteiger partial charge in [0.05, 0.1) is 0 Å². The number of carbonyl (C=O) groups is 2.